The molecule has 0 radical (unpaired) electrons. The molecule has 1 aliphatic rings. The van der Waals surface area contributed by atoms with Crippen molar-refractivity contribution < 1.29 is 4.74 Å². The van der Waals surface area contributed by atoms with Crippen molar-refractivity contribution in [3.8, 4) is 0 Å². The molecular weight excluding hydrogens is 262 g/mol. The average molecular weight is 285 g/mol. The number of hydrogen-bond acceptors (Lipinski definition) is 4. The van der Waals surface area contributed by atoms with Crippen molar-refractivity contribution in [3.05, 3.63) is 35.9 Å². The molecule has 1 aliphatic heterocycles. The highest BCUT2D eigenvalue weighted by Gasteiger charge is 2.28. The largest absolute Gasteiger partial charge is 0.376 e. The van der Waals surface area contributed by atoms with Crippen LogP contribution >= 0.6 is 0 Å². The summed E-state index contributed by atoms with van der Waals surface area (Å²) in [5.41, 5.74) is 2.34. The van der Waals surface area contributed by atoms with Crippen LogP contribution in [0.15, 0.2) is 30.3 Å². The Balaban J connectivity index is 2.02. The first-order chi connectivity index (χ1) is 10.2. The molecule has 1 aromatic heterocycles. The Labute approximate surface area is 126 Å². The van der Waals surface area contributed by atoms with Gasteiger partial charge in [-0.15, -0.1) is 0 Å². The van der Waals surface area contributed by atoms with Gasteiger partial charge < -0.3 is 15.0 Å². The maximum Gasteiger partial charge on any atom is 0.129 e. The van der Waals surface area contributed by atoms with Gasteiger partial charge in [-0.1, -0.05) is 18.2 Å². The third-order valence-corrected chi connectivity index (χ3v) is 4.35. The van der Waals surface area contributed by atoms with Crippen molar-refractivity contribution in [1.82, 2.24) is 10.3 Å². The number of pyridine rings is 1. The minimum Gasteiger partial charge on any atom is -0.376 e. The summed E-state index contributed by atoms with van der Waals surface area (Å²) in [6.45, 7) is 3.83. The summed E-state index contributed by atoms with van der Waals surface area (Å²) in [6, 6.07) is 10.9. The van der Waals surface area contributed by atoms with E-state index in [2.05, 4.69) is 48.5 Å². The molecular formula is C17H23N3O. The van der Waals surface area contributed by atoms with E-state index in [1.54, 1.807) is 0 Å². The van der Waals surface area contributed by atoms with Gasteiger partial charge in [0.05, 0.1) is 17.7 Å². The van der Waals surface area contributed by atoms with E-state index >= 15 is 0 Å². The predicted octanol–water partition coefficient (Wildman–Crippen LogP) is 2.57. The van der Waals surface area contributed by atoms with E-state index in [0.29, 0.717) is 6.04 Å². The Hall–Kier alpha value is -1.65. The van der Waals surface area contributed by atoms with Gasteiger partial charge in [0.25, 0.3) is 0 Å². The summed E-state index contributed by atoms with van der Waals surface area (Å²) >= 11 is 0. The fraction of sp³-hybridized carbons (Fsp3) is 0.471. The maximum absolute atomic E-state index is 5.69. The number of fused-ring (bicyclic) bond motifs is 1. The van der Waals surface area contributed by atoms with Crippen LogP contribution in [0, 0.1) is 0 Å². The zero-order chi connectivity index (χ0) is 14.8. The number of likely N-dealkylation sites (N-methyl/N-ethyl adjacent to an activating group) is 1. The Morgan fingerprint density at radius 3 is 2.90 bits per heavy atom. The molecule has 1 saturated heterocycles. The minimum absolute atomic E-state index is 0.260. The molecule has 2 unspecified atom stereocenters. The number of hydrogen-bond donors (Lipinski definition) is 1. The van der Waals surface area contributed by atoms with Crippen LogP contribution in [0.5, 0.6) is 0 Å². The summed E-state index contributed by atoms with van der Waals surface area (Å²) in [5, 5.41) is 4.47. The van der Waals surface area contributed by atoms with Gasteiger partial charge in [0, 0.05) is 25.6 Å². The molecule has 2 atom stereocenters. The van der Waals surface area contributed by atoms with Crippen LogP contribution in [0.4, 0.5) is 5.82 Å². The normalized spacial score (nSPS) is 21.9. The van der Waals surface area contributed by atoms with Crippen LogP contribution in [0.2, 0.25) is 0 Å². The Kier molecular flexibility index (Phi) is 4.08. The molecule has 2 aromatic rings. The molecule has 0 bridgehead atoms. The number of para-hydroxylation sites is 1. The molecule has 1 aromatic carbocycles. The molecule has 1 fully saturated rings. The van der Waals surface area contributed by atoms with Crippen molar-refractivity contribution in [2.75, 3.05) is 25.6 Å². The van der Waals surface area contributed by atoms with Crippen LogP contribution in [0.1, 0.15) is 18.9 Å². The summed E-state index contributed by atoms with van der Waals surface area (Å²) < 4.78 is 5.69. The fourth-order valence-electron chi connectivity index (χ4n) is 3.15. The molecule has 0 saturated carbocycles. The Morgan fingerprint density at radius 2 is 2.19 bits per heavy atom. The molecule has 1 N–H and O–H groups in total. The third kappa shape index (κ3) is 2.74. The summed E-state index contributed by atoms with van der Waals surface area (Å²) in [4.78, 5) is 7.11. The van der Waals surface area contributed by atoms with E-state index in [9.17, 15) is 0 Å². The molecule has 4 heteroatoms. The van der Waals surface area contributed by atoms with E-state index < -0.39 is 0 Å². The van der Waals surface area contributed by atoms with E-state index in [-0.39, 0.29) is 6.10 Å². The Bertz CT molecular complexity index is 628. The molecule has 0 amide bonds. The van der Waals surface area contributed by atoms with Crippen LogP contribution in [-0.4, -0.2) is 37.8 Å². The SMILES string of the molecule is CNCc1cc(N(C)C2CCOC2C)nc2ccccc12. The van der Waals surface area contributed by atoms with E-state index in [0.717, 1.165) is 30.9 Å². The molecule has 21 heavy (non-hydrogen) atoms. The van der Waals surface area contributed by atoms with Crippen molar-refractivity contribution in [3.63, 3.8) is 0 Å². The van der Waals surface area contributed by atoms with Crippen LogP contribution < -0.4 is 10.2 Å². The highest BCUT2D eigenvalue weighted by Crippen LogP contribution is 2.27. The van der Waals surface area contributed by atoms with Crippen LogP contribution in [0.3, 0.4) is 0 Å². The quantitative estimate of drug-likeness (QED) is 0.937. The topological polar surface area (TPSA) is 37.4 Å². The van der Waals surface area contributed by atoms with E-state index in [1.807, 2.05) is 13.1 Å². The standard InChI is InChI=1S/C17H23N3O/c1-12-16(8-9-21-12)20(3)17-10-13(11-18-2)14-6-4-5-7-15(14)19-17/h4-7,10,12,16,18H,8-9,11H2,1-3H3. The van der Waals surface area contributed by atoms with Crippen LogP contribution in [-0.2, 0) is 11.3 Å². The molecule has 0 spiro atoms. The zero-order valence-corrected chi connectivity index (χ0v) is 13.0. The van der Waals surface area contributed by atoms with Gasteiger partial charge in [-0.05, 0) is 38.1 Å². The van der Waals surface area contributed by atoms with Crippen molar-refractivity contribution >= 4 is 16.7 Å². The number of benzene rings is 1. The second kappa shape index (κ2) is 6.00. The third-order valence-electron chi connectivity index (χ3n) is 4.35. The van der Waals surface area contributed by atoms with E-state index in [1.165, 1.54) is 10.9 Å². The second-order valence-corrected chi connectivity index (χ2v) is 5.73. The number of aromatic nitrogens is 1. The van der Waals surface area contributed by atoms with Gasteiger partial charge in [0.15, 0.2) is 0 Å². The van der Waals surface area contributed by atoms with Gasteiger partial charge in [-0.25, -0.2) is 4.98 Å². The zero-order valence-electron chi connectivity index (χ0n) is 13.0. The molecule has 3 rings (SSSR count). The number of anilines is 1. The molecule has 0 aliphatic carbocycles. The fourth-order valence-corrected chi connectivity index (χ4v) is 3.15. The first-order valence-corrected chi connectivity index (χ1v) is 7.58. The highest BCUT2D eigenvalue weighted by molar-refractivity contribution is 5.84. The number of nitrogens with one attached hydrogen (secondary N) is 1. The summed E-state index contributed by atoms with van der Waals surface area (Å²) in [7, 11) is 4.10. The lowest BCUT2D eigenvalue weighted by Gasteiger charge is -2.28. The summed E-state index contributed by atoms with van der Waals surface area (Å²) in [6.07, 6.45) is 1.32. The average Bonchev–Trinajstić information content (AvgIpc) is 2.93. The predicted molar refractivity (Wildman–Crippen MR) is 86.7 cm³/mol. The first kappa shape index (κ1) is 14.3. The molecule has 4 nitrogen and oxygen atoms in total. The van der Waals surface area contributed by atoms with Crippen molar-refractivity contribution in [1.29, 1.82) is 0 Å². The number of nitrogens with zero attached hydrogens (tertiary/aromatic N) is 2. The minimum atomic E-state index is 0.260. The number of ether oxygens (including phenoxy) is 1. The second-order valence-electron chi connectivity index (χ2n) is 5.73. The van der Waals surface area contributed by atoms with Crippen LogP contribution in [0.25, 0.3) is 10.9 Å². The lowest BCUT2D eigenvalue weighted by molar-refractivity contribution is 0.118. The first-order valence-electron chi connectivity index (χ1n) is 7.58. The molecule has 112 valence electrons. The lowest BCUT2D eigenvalue weighted by atomic mass is 10.1. The Morgan fingerprint density at radius 1 is 1.38 bits per heavy atom. The molecule has 2 heterocycles. The highest BCUT2D eigenvalue weighted by atomic mass is 16.5. The summed E-state index contributed by atoms with van der Waals surface area (Å²) in [5.74, 6) is 1.03. The smallest absolute Gasteiger partial charge is 0.129 e. The van der Waals surface area contributed by atoms with E-state index in [4.69, 9.17) is 9.72 Å². The van der Waals surface area contributed by atoms with Crippen molar-refractivity contribution in [2.24, 2.45) is 0 Å². The van der Waals surface area contributed by atoms with Gasteiger partial charge in [0.2, 0.25) is 0 Å². The van der Waals surface area contributed by atoms with Gasteiger partial charge in [-0.3, -0.25) is 0 Å². The van der Waals surface area contributed by atoms with Gasteiger partial charge in [-0.2, -0.15) is 0 Å². The van der Waals surface area contributed by atoms with Crippen molar-refractivity contribution in [2.45, 2.75) is 32.0 Å². The van der Waals surface area contributed by atoms with Gasteiger partial charge >= 0.3 is 0 Å². The lowest BCUT2D eigenvalue weighted by Crippen LogP contribution is -2.37. The van der Waals surface area contributed by atoms with Gasteiger partial charge in [0.1, 0.15) is 5.82 Å². The monoisotopic (exact) mass is 285 g/mol. The maximum atomic E-state index is 5.69. The number of rotatable bonds is 4.